The molecule has 0 aromatic rings. The van der Waals surface area contributed by atoms with Crippen molar-refractivity contribution in [3.63, 3.8) is 0 Å². The highest BCUT2D eigenvalue weighted by atomic mass is 31.2. The minimum absolute atomic E-state index is 0.0840. The number of hydrogen-bond acceptors (Lipinski definition) is 4. The molecular formula is C5H9O5P. The monoisotopic (exact) mass is 180 g/mol. The molecule has 0 bridgehead atoms. The first-order chi connectivity index (χ1) is 5.01. The van der Waals surface area contributed by atoms with Gasteiger partial charge in [0.2, 0.25) is 0 Å². The molecule has 0 saturated carbocycles. The van der Waals surface area contributed by atoms with E-state index in [4.69, 9.17) is 4.89 Å². The van der Waals surface area contributed by atoms with Gasteiger partial charge >= 0.3 is 13.8 Å². The van der Waals surface area contributed by atoms with Crippen LogP contribution in [0.2, 0.25) is 0 Å². The first kappa shape index (κ1) is 8.71. The predicted molar refractivity (Wildman–Crippen MR) is 35.7 cm³/mol. The molecule has 11 heavy (non-hydrogen) atoms. The average Bonchev–Trinajstić information content (AvgIpc) is 1.93. The summed E-state index contributed by atoms with van der Waals surface area (Å²) in [5, 5.41) is 0. The zero-order valence-electron chi connectivity index (χ0n) is 6.02. The fourth-order valence-electron chi connectivity index (χ4n) is 0.693. The fraction of sp³-hybridized carbons (Fsp3) is 0.800. The maximum atomic E-state index is 10.8. The second kappa shape index (κ2) is 2.93. The van der Waals surface area contributed by atoms with Crippen LogP contribution < -0.4 is 0 Å². The van der Waals surface area contributed by atoms with Gasteiger partial charge in [-0.15, -0.1) is 0 Å². The van der Waals surface area contributed by atoms with Crippen LogP contribution in [0.4, 0.5) is 0 Å². The minimum atomic E-state index is -4.07. The highest BCUT2D eigenvalue weighted by Gasteiger charge is 2.32. The van der Waals surface area contributed by atoms with Crippen LogP contribution in [0.25, 0.3) is 0 Å². The molecule has 64 valence electrons. The first-order valence-electron chi connectivity index (χ1n) is 3.22. The van der Waals surface area contributed by atoms with Crippen molar-refractivity contribution in [2.75, 3.05) is 6.61 Å². The van der Waals surface area contributed by atoms with Gasteiger partial charge in [0.05, 0.1) is 12.5 Å². The molecular weight excluding hydrogens is 171 g/mol. The van der Waals surface area contributed by atoms with Gasteiger partial charge < -0.3 is 4.52 Å². The number of phosphoric ester groups is 1. The summed E-state index contributed by atoms with van der Waals surface area (Å²) in [6.07, 6.45) is 0.420. The lowest BCUT2D eigenvalue weighted by molar-refractivity contribution is -0.138. The Morgan fingerprint density at radius 2 is 2.36 bits per heavy atom. The van der Waals surface area contributed by atoms with Crippen LogP contribution in [-0.4, -0.2) is 17.5 Å². The Morgan fingerprint density at radius 1 is 1.73 bits per heavy atom. The second-order valence-electron chi connectivity index (χ2n) is 2.40. The summed E-state index contributed by atoms with van der Waals surface area (Å²) in [4.78, 5) is 19.5. The molecule has 6 heteroatoms. The number of hydrogen-bond donors (Lipinski definition) is 1. The van der Waals surface area contributed by atoms with Gasteiger partial charge in [0.1, 0.15) is 0 Å². The molecule has 0 aromatic heterocycles. The molecule has 1 aliphatic rings. The lowest BCUT2D eigenvalue weighted by Gasteiger charge is -2.06. The van der Waals surface area contributed by atoms with Crippen molar-refractivity contribution >= 4 is 13.8 Å². The van der Waals surface area contributed by atoms with E-state index in [1.54, 1.807) is 6.92 Å². The van der Waals surface area contributed by atoms with Crippen molar-refractivity contribution in [3.05, 3.63) is 0 Å². The highest BCUT2D eigenvalue weighted by Crippen LogP contribution is 2.46. The Balaban J connectivity index is 2.71. The van der Waals surface area contributed by atoms with Gasteiger partial charge in [-0.1, -0.05) is 6.92 Å². The molecule has 1 rings (SSSR count). The highest BCUT2D eigenvalue weighted by molar-refractivity contribution is 7.48. The van der Waals surface area contributed by atoms with E-state index in [9.17, 15) is 9.36 Å². The Hall–Kier alpha value is -0.380. The Kier molecular flexibility index (Phi) is 2.32. The largest absolute Gasteiger partial charge is 0.529 e. The van der Waals surface area contributed by atoms with Crippen LogP contribution in [-0.2, 0) is 18.4 Å². The van der Waals surface area contributed by atoms with Crippen molar-refractivity contribution in [1.29, 1.82) is 0 Å². The maximum Gasteiger partial charge on any atom is 0.529 e. The number of carbonyl (C=O) groups is 1. The van der Waals surface area contributed by atoms with E-state index < -0.39 is 13.8 Å². The fourth-order valence-corrected chi connectivity index (χ4v) is 1.49. The normalized spacial score (nSPS) is 39.5. The lowest BCUT2D eigenvalue weighted by atomic mass is 10.1. The predicted octanol–water partition coefficient (Wildman–Crippen LogP) is 0.686. The zero-order valence-corrected chi connectivity index (χ0v) is 6.91. The molecule has 2 atom stereocenters. The van der Waals surface area contributed by atoms with Crippen LogP contribution in [0.1, 0.15) is 13.3 Å². The summed E-state index contributed by atoms with van der Waals surface area (Å²) in [5.41, 5.74) is 0. The van der Waals surface area contributed by atoms with E-state index in [0.29, 0.717) is 6.42 Å². The maximum absolute atomic E-state index is 10.8. The Morgan fingerprint density at radius 3 is 3.00 bits per heavy atom. The molecule has 0 amide bonds. The third-order valence-electron chi connectivity index (χ3n) is 1.41. The molecule has 1 N–H and O–H groups in total. The standard InChI is InChI=1S/C5H9O5P/c1-4-2-3-9-11(7,8)10-5(4)6/h4H,2-3H2,1H3,(H,7,8). The van der Waals surface area contributed by atoms with Crippen molar-refractivity contribution in [1.82, 2.24) is 0 Å². The van der Waals surface area contributed by atoms with Gasteiger partial charge in [-0.2, -0.15) is 0 Å². The summed E-state index contributed by atoms with van der Waals surface area (Å²) in [6.45, 7) is 1.71. The third kappa shape index (κ3) is 2.29. The molecule has 1 saturated heterocycles. The zero-order chi connectivity index (χ0) is 8.48. The molecule has 1 heterocycles. The van der Waals surface area contributed by atoms with Crippen molar-refractivity contribution in [3.8, 4) is 0 Å². The summed E-state index contributed by atoms with van der Waals surface area (Å²) >= 11 is 0. The molecule has 1 aliphatic heterocycles. The summed E-state index contributed by atoms with van der Waals surface area (Å²) in [6, 6.07) is 0. The van der Waals surface area contributed by atoms with E-state index in [0.717, 1.165) is 0 Å². The van der Waals surface area contributed by atoms with Crippen LogP contribution in [0.3, 0.4) is 0 Å². The van der Waals surface area contributed by atoms with Gasteiger partial charge in [-0.05, 0) is 6.42 Å². The number of rotatable bonds is 0. The van der Waals surface area contributed by atoms with Gasteiger partial charge in [0.25, 0.3) is 0 Å². The number of carbonyl (C=O) groups excluding carboxylic acids is 1. The lowest BCUT2D eigenvalue weighted by Crippen LogP contribution is -2.10. The van der Waals surface area contributed by atoms with Gasteiger partial charge in [0.15, 0.2) is 0 Å². The Bertz CT molecular complexity index is 213. The van der Waals surface area contributed by atoms with E-state index in [1.165, 1.54) is 0 Å². The molecule has 0 aromatic carbocycles. The summed E-state index contributed by atoms with van der Waals surface area (Å²) in [7, 11) is -4.07. The van der Waals surface area contributed by atoms with E-state index in [2.05, 4.69) is 9.05 Å². The average molecular weight is 180 g/mol. The van der Waals surface area contributed by atoms with Crippen molar-refractivity contribution in [2.24, 2.45) is 5.92 Å². The number of phosphoric acid groups is 1. The molecule has 1 fully saturated rings. The molecule has 5 nitrogen and oxygen atoms in total. The molecule has 0 radical (unpaired) electrons. The van der Waals surface area contributed by atoms with E-state index >= 15 is 0 Å². The summed E-state index contributed by atoms with van der Waals surface area (Å²) < 4.78 is 19.3. The van der Waals surface area contributed by atoms with Crippen LogP contribution in [0.15, 0.2) is 0 Å². The summed E-state index contributed by atoms with van der Waals surface area (Å²) in [5.74, 6) is -1.04. The molecule has 0 aliphatic carbocycles. The van der Waals surface area contributed by atoms with Crippen LogP contribution in [0.5, 0.6) is 0 Å². The van der Waals surface area contributed by atoms with Crippen LogP contribution in [0, 0.1) is 5.92 Å². The SMILES string of the molecule is CC1CCOP(=O)(O)OC1=O. The van der Waals surface area contributed by atoms with Gasteiger partial charge in [-0.25, -0.2) is 4.57 Å². The van der Waals surface area contributed by atoms with Crippen LogP contribution >= 0.6 is 7.82 Å². The van der Waals surface area contributed by atoms with Gasteiger partial charge in [0, 0.05) is 0 Å². The Labute approximate surface area is 63.9 Å². The van der Waals surface area contributed by atoms with E-state index in [1.807, 2.05) is 0 Å². The quantitative estimate of drug-likeness (QED) is 0.555. The van der Waals surface area contributed by atoms with Gasteiger partial charge in [-0.3, -0.25) is 14.2 Å². The molecule has 0 spiro atoms. The topological polar surface area (TPSA) is 72.8 Å². The smallest absolute Gasteiger partial charge is 0.370 e. The van der Waals surface area contributed by atoms with E-state index in [-0.39, 0.29) is 12.5 Å². The third-order valence-corrected chi connectivity index (χ3v) is 2.33. The van der Waals surface area contributed by atoms with Crippen molar-refractivity contribution in [2.45, 2.75) is 13.3 Å². The minimum Gasteiger partial charge on any atom is -0.370 e. The van der Waals surface area contributed by atoms with Crippen molar-refractivity contribution < 1.29 is 23.3 Å². The first-order valence-corrected chi connectivity index (χ1v) is 4.71. The second-order valence-corrected chi connectivity index (χ2v) is 3.78. The molecule has 2 unspecified atom stereocenters.